The first-order valence-electron chi connectivity index (χ1n) is 11.5. The van der Waals surface area contributed by atoms with Gasteiger partial charge in [0, 0.05) is 35.9 Å². The van der Waals surface area contributed by atoms with Crippen molar-refractivity contribution < 1.29 is 9.21 Å². The Balaban J connectivity index is 1.39. The molecule has 2 aromatic carbocycles. The molecule has 1 aliphatic heterocycles. The largest absolute Gasteiger partial charge is 0.461 e. The zero-order chi connectivity index (χ0) is 24.2. The molecule has 8 heteroatoms. The summed E-state index contributed by atoms with van der Waals surface area (Å²) in [5.74, 6) is 2.03. The quantitative estimate of drug-likeness (QED) is 0.425. The van der Waals surface area contributed by atoms with Crippen LogP contribution < -0.4 is 16.0 Å². The Hall–Kier alpha value is -3.39. The fourth-order valence-corrected chi connectivity index (χ4v) is 4.32. The molecule has 1 atom stereocenters. The molecule has 34 heavy (non-hydrogen) atoms. The molecule has 0 bridgehead atoms. The topological polar surface area (TPSA) is 81.9 Å². The number of likely N-dealkylation sites (N-methyl/N-ethyl adjacent to an activating group) is 1. The van der Waals surface area contributed by atoms with Gasteiger partial charge in [-0.1, -0.05) is 13.8 Å². The minimum atomic E-state index is -0.468. The smallest absolute Gasteiger partial charge is 0.246 e. The van der Waals surface area contributed by atoms with Crippen LogP contribution in [0.25, 0.3) is 11.0 Å². The molecule has 0 fully saturated rings. The van der Waals surface area contributed by atoms with Gasteiger partial charge in [0.1, 0.15) is 23.2 Å². The van der Waals surface area contributed by atoms with Gasteiger partial charge in [-0.25, -0.2) is 0 Å². The van der Waals surface area contributed by atoms with Gasteiger partial charge in [-0.3, -0.25) is 9.79 Å². The van der Waals surface area contributed by atoms with E-state index in [1.807, 2.05) is 62.5 Å². The SMILES string of the molecule is Cc1cc2cc(NC(=S)NC(CC(C)C)C(=O)Nc3ccc(C4=NCCN4C)cc3)ccc2o1. The summed E-state index contributed by atoms with van der Waals surface area (Å²) in [6.07, 6.45) is 0.646. The summed E-state index contributed by atoms with van der Waals surface area (Å²) in [5.41, 5.74) is 3.46. The number of furan rings is 1. The third-order valence-corrected chi connectivity index (χ3v) is 5.92. The number of thiocarbonyl (C=S) groups is 1. The van der Waals surface area contributed by atoms with E-state index >= 15 is 0 Å². The second-order valence-corrected chi connectivity index (χ2v) is 9.49. The van der Waals surface area contributed by atoms with Crippen molar-refractivity contribution in [3.05, 3.63) is 59.9 Å². The number of hydrogen-bond donors (Lipinski definition) is 3. The van der Waals surface area contributed by atoms with E-state index in [0.717, 1.165) is 52.6 Å². The van der Waals surface area contributed by atoms with Crippen LogP contribution in [0.1, 0.15) is 31.6 Å². The third-order valence-electron chi connectivity index (χ3n) is 5.70. The summed E-state index contributed by atoms with van der Waals surface area (Å²) in [5, 5.41) is 10.8. The van der Waals surface area contributed by atoms with Gasteiger partial charge in [-0.05, 0) is 80.0 Å². The summed E-state index contributed by atoms with van der Waals surface area (Å²) in [7, 11) is 2.04. The van der Waals surface area contributed by atoms with Crippen molar-refractivity contribution in [1.82, 2.24) is 10.2 Å². The summed E-state index contributed by atoms with van der Waals surface area (Å²) in [4.78, 5) is 19.8. The molecular weight excluding hydrogens is 446 g/mol. The number of fused-ring (bicyclic) bond motifs is 1. The van der Waals surface area contributed by atoms with E-state index in [4.69, 9.17) is 16.6 Å². The first-order valence-corrected chi connectivity index (χ1v) is 11.9. The Morgan fingerprint density at radius 3 is 2.53 bits per heavy atom. The zero-order valence-electron chi connectivity index (χ0n) is 20.0. The van der Waals surface area contributed by atoms with E-state index in [2.05, 4.69) is 39.7 Å². The van der Waals surface area contributed by atoms with E-state index in [9.17, 15) is 4.79 Å². The fraction of sp³-hybridized carbons (Fsp3) is 0.346. The van der Waals surface area contributed by atoms with Gasteiger partial charge in [-0.2, -0.15) is 0 Å². The van der Waals surface area contributed by atoms with Crippen molar-refractivity contribution in [3.8, 4) is 0 Å². The van der Waals surface area contributed by atoms with E-state index < -0.39 is 6.04 Å². The number of aliphatic imine (C=N–C) groups is 1. The number of amidine groups is 1. The van der Waals surface area contributed by atoms with Crippen LogP contribution in [0.5, 0.6) is 0 Å². The lowest BCUT2D eigenvalue weighted by molar-refractivity contribution is -0.118. The molecule has 178 valence electrons. The normalized spacial score (nSPS) is 14.3. The monoisotopic (exact) mass is 477 g/mol. The highest BCUT2D eigenvalue weighted by Gasteiger charge is 2.21. The number of benzene rings is 2. The zero-order valence-corrected chi connectivity index (χ0v) is 20.8. The molecule has 0 spiro atoms. The Labute approximate surface area is 205 Å². The second kappa shape index (κ2) is 10.3. The van der Waals surface area contributed by atoms with Crippen LogP contribution in [0.3, 0.4) is 0 Å². The van der Waals surface area contributed by atoms with E-state index in [1.165, 1.54) is 0 Å². The summed E-state index contributed by atoms with van der Waals surface area (Å²) in [6, 6.07) is 15.1. The molecule has 0 saturated heterocycles. The first kappa shape index (κ1) is 23.8. The molecule has 3 N–H and O–H groups in total. The van der Waals surface area contributed by atoms with Crippen LogP contribution >= 0.6 is 12.2 Å². The van der Waals surface area contributed by atoms with Crippen LogP contribution in [-0.2, 0) is 4.79 Å². The maximum absolute atomic E-state index is 13.1. The Morgan fingerprint density at radius 1 is 1.12 bits per heavy atom. The van der Waals surface area contributed by atoms with Gasteiger partial charge in [-0.15, -0.1) is 0 Å². The van der Waals surface area contributed by atoms with Crippen molar-refractivity contribution >= 4 is 51.4 Å². The third kappa shape index (κ3) is 5.75. The predicted molar refractivity (Wildman–Crippen MR) is 143 cm³/mol. The Morgan fingerprint density at radius 2 is 1.85 bits per heavy atom. The standard InChI is InChI=1S/C26H31N5O2S/c1-16(2)13-22(30-26(34)29-21-9-10-23-19(15-21)14-17(3)33-23)25(32)28-20-7-5-18(6-8-20)24-27-11-12-31(24)4/h5-10,14-16,22H,11-13H2,1-4H3,(H,28,32)(H2,29,30,34). The predicted octanol–water partition coefficient (Wildman–Crippen LogP) is 4.77. The van der Waals surface area contributed by atoms with Gasteiger partial charge < -0.3 is 25.3 Å². The minimum Gasteiger partial charge on any atom is -0.461 e. The maximum atomic E-state index is 13.1. The van der Waals surface area contributed by atoms with Gasteiger partial charge in [0.15, 0.2) is 5.11 Å². The number of nitrogens with zero attached hydrogens (tertiary/aromatic N) is 2. The molecule has 4 rings (SSSR count). The number of aryl methyl sites for hydroxylation is 1. The number of carbonyl (C=O) groups excluding carboxylic acids is 1. The molecule has 0 radical (unpaired) electrons. The highest BCUT2D eigenvalue weighted by atomic mass is 32.1. The summed E-state index contributed by atoms with van der Waals surface area (Å²) >= 11 is 5.52. The summed E-state index contributed by atoms with van der Waals surface area (Å²) in [6.45, 7) is 7.84. The van der Waals surface area contributed by atoms with Gasteiger partial charge in [0.05, 0.1) is 6.54 Å². The lowest BCUT2D eigenvalue weighted by Gasteiger charge is -2.22. The number of amides is 1. The van der Waals surface area contributed by atoms with Gasteiger partial charge >= 0.3 is 0 Å². The average molecular weight is 478 g/mol. The van der Waals surface area contributed by atoms with E-state index in [0.29, 0.717) is 17.5 Å². The molecule has 1 aromatic heterocycles. The Kier molecular flexibility index (Phi) is 7.17. The fourth-order valence-electron chi connectivity index (χ4n) is 4.06. The number of rotatable bonds is 7. The molecule has 1 unspecified atom stereocenters. The van der Waals surface area contributed by atoms with Crippen LogP contribution in [0, 0.1) is 12.8 Å². The number of nitrogens with one attached hydrogen (secondary N) is 3. The molecular formula is C26H31N5O2S. The molecule has 1 aliphatic rings. The van der Waals surface area contributed by atoms with Crippen molar-refractivity contribution in [2.45, 2.75) is 33.2 Å². The van der Waals surface area contributed by atoms with Gasteiger partial charge in [0.2, 0.25) is 5.91 Å². The average Bonchev–Trinajstić information content (AvgIpc) is 3.37. The summed E-state index contributed by atoms with van der Waals surface area (Å²) < 4.78 is 5.63. The number of carbonyl (C=O) groups is 1. The van der Waals surface area contributed by atoms with Crippen molar-refractivity contribution in [1.29, 1.82) is 0 Å². The number of hydrogen-bond acceptors (Lipinski definition) is 5. The number of anilines is 2. The van der Waals surface area contributed by atoms with Crippen LogP contribution in [0.2, 0.25) is 0 Å². The van der Waals surface area contributed by atoms with E-state index in [1.54, 1.807) is 0 Å². The molecule has 1 amide bonds. The van der Waals surface area contributed by atoms with Crippen molar-refractivity contribution in [3.63, 3.8) is 0 Å². The minimum absolute atomic E-state index is 0.123. The molecule has 7 nitrogen and oxygen atoms in total. The van der Waals surface area contributed by atoms with Crippen molar-refractivity contribution in [2.24, 2.45) is 10.9 Å². The first-order chi connectivity index (χ1) is 16.3. The van der Waals surface area contributed by atoms with Crippen LogP contribution in [0.15, 0.2) is 57.9 Å². The highest BCUT2D eigenvalue weighted by Crippen LogP contribution is 2.23. The lowest BCUT2D eigenvalue weighted by Crippen LogP contribution is -2.46. The van der Waals surface area contributed by atoms with Crippen LogP contribution in [-0.4, -0.2) is 47.9 Å². The second-order valence-electron chi connectivity index (χ2n) is 9.08. The maximum Gasteiger partial charge on any atom is 0.246 e. The van der Waals surface area contributed by atoms with Crippen LogP contribution in [0.4, 0.5) is 11.4 Å². The molecule has 0 aliphatic carbocycles. The molecule has 2 heterocycles. The highest BCUT2D eigenvalue weighted by molar-refractivity contribution is 7.80. The molecule has 0 saturated carbocycles. The lowest BCUT2D eigenvalue weighted by atomic mass is 10.0. The Bertz CT molecular complexity index is 1220. The van der Waals surface area contributed by atoms with E-state index in [-0.39, 0.29) is 5.91 Å². The molecule has 3 aromatic rings. The van der Waals surface area contributed by atoms with Crippen molar-refractivity contribution in [2.75, 3.05) is 30.8 Å². The van der Waals surface area contributed by atoms with Gasteiger partial charge in [0.25, 0.3) is 0 Å².